The van der Waals surface area contributed by atoms with E-state index in [1.54, 1.807) is 0 Å². The average Bonchev–Trinajstić information content (AvgIpc) is 1.84. The fraction of sp³-hybridized carbons (Fsp3) is 0.625. The number of carbonyl (C=O) groups excluding carboxylic acids is 1. The molecule has 0 saturated carbocycles. The van der Waals surface area contributed by atoms with Crippen LogP contribution in [0.25, 0.3) is 0 Å². The zero-order valence-corrected chi connectivity index (χ0v) is 7.33. The van der Waals surface area contributed by atoms with Crippen LogP contribution >= 0.6 is 0 Å². The maximum absolute atomic E-state index is 10.7. The lowest BCUT2D eigenvalue weighted by Gasteiger charge is -2.14. The normalized spacial score (nSPS) is 11.0. The fourth-order valence-electron chi connectivity index (χ4n) is 0.460. The van der Waals surface area contributed by atoms with Gasteiger partial charge in [0.2, 0.25) is 0 Å². The number of aliphatic hydroxyl groups is 2. The summed E-state index contributed by atoms with van der Waals surface area (Å²) in [5, 5.41) is 17.6. The van der Waals surface area contributed by atoms with Gasteiger partial charge in [0, 0.05) is 12.0 Å². The molecule has 0 saturated heterocycles. The number of hydrogen-bond donors (Lipinski definition) is 2. The predicted octanol–water partition coefficient (Wildman–Crippen LogP) is 0.197. The Morgan fingerprint density at radius 2 is 2.08 bits per heavy atom. The minimum absolute atomic E-state index is 0.00792. The summed E-state index contributed by atoms with van der Waals surface area (Å²) in [7, 11) is 0. The first kappa shape index (κ1) is 11.1. The average molecular weight is 174 g/mol. The zero-order chi connectivity index (χ0) is 9.78. The quantitative estimate of drug-likeness (QED) is 0.363. The summed E-state index contributed by atoms with van der Waals surface area (Å²) in [4.78, 5) is 10.7. The second kappa shape index (κ2) is 4.23. The molecule has 70 valence electrons. The van der Waals surface area contributed by atoms with E-state index in [1.807, 2.05) is 0 Å². The van der Waals surface area contributed by atoms with Crippen molar-refractivity contribution in [2.24, 2.45) is 0 Å². The second-order valence-corrected chi connectivity index (χ2v) is 2.88. The maximum Gasteiger partial charge on any atom is 0.333 e. The van der Waals surface area contributed by atoms with Gasteiger partial charge in [-0.2, -0.15) is 0 Å². The molecule has 4 heteroatoms. The Balaban J connectivity index is 3.58. The summed E-state index contributed by atoms with van der Waals surface area (Å²) in [6.45, 7) is 6.10. The molecule has 12 heavy (non-hydrogen) atoms. The lowest BCUT2D eigenvalue weighted by atomic mass is 10.2. The van der Waals surface area contributed by atoms with Crippen molar-refractivity contribution >= 4 is 5.97 Å². The van der Waals surface area contributed by atoms with Gasteiger partial charge in [0.1, 0.15) is 0 Å². The van der Waals surface area contributed by atoms with Crippen LogP contribution in [0.15, 0.2) is 12.2 Å². The van der Waals surface area contributed by atoms with Gasteiger partial charge in [-0.15, -0.1) is 0 Å². The molecule has 0 aromatic carbocycles. The molecule has 0 heterocycles. The lowest BCUT2D eigenvalue weighted by Crippen LogP contribution is -2.25. The molecule has 0 unspecified atom stereocenters. The van der Waals surface area contributed by atoms with Crippen molar-refractivity contribution < 1.29 is 19.7 Å². The molecule has 0 fully saturated rings. The van der Waals surface area contributed by atoms with Crippen molar-refractivity contribution in [3.63, 3.8) is 0 Å². The SMILES string of the molecule is C=C(C)C(=O)OCCC(C)(O)O. The van der Waals surface area contributed by atoms with Gasteiger partial charge in [0.15, 0.2) is 5.79 Å². The van der Waals surface area contributed by atoms with Gasteiger partial charge < -0.3 is 14.9 Å². The predicted molar refractivity (Wildman–Crippen MR) is 43.2 cm³/mol. The smallest absolute Gasteiger partial charge is 0.333 e. The van der Waals surface area contributed by atoms with E-state index in [1.165, 1.54) is 13.8 Å². The highest BCUT2D eigenvalue weighted by Gasteiger charge is 2.15. The molecular weight excluding hydrogens is 160 g/mol. The summed E-state index contributed by atoms with van der Waals surface area (Å²) in [5.74, 6) is -2.30. The first-order valence-electron chi connectivity index (χ1n) is 3.60. The summed E-state index contributed by atoms with van der Waals surface area (Å²) in [5.41, 5.74) is 0.299. The minimum atomic E-state index is -1.78. The largest absolute Gasteiger partial charge is 0.462 e. The van der Waals surface area contributed by atoms with Crippen LogP contribution in [0.4, 0.5) is 0 Å². The molecule has 2 N–H and O–H groups in total. The van der Waals surface area contributed by atoms with E-state index in [0.29, 0.717) is 5.57 Å². The molecule has 0 aliphatic rings. The number of rotatable bonds is 4. The summed E-state index contributed by atoms with van der Waals surface area (Å²) in [6, 6.07) is 0. The van der Waals surface area contributed by atoms with Crippen LogP contribution in [0.5, 0.6) is 0 Å². The first-order valence-corrected chi connectivity index (χ1v) is 3.60. The van der Waals surface area contributed by atoms with Crippen molar-refractivity contribution in [2.45, 2.75) is 26.1 Å². The summed E-state index contributed by atoms with van der Waals surface area (Å²) >= 11 is 0. The molecule has 0 bridgehead atoms. The van der Waals surface area contributed by atoms with Gasteiger partial charge in [-0.05, 0) is 13.8 Å². The molecular formula is C8H14O4. The van der Waals surface area contributed by atoms with Crippen LogP contribution < -0.4 is 0 Å². The molecule has 0 radical (unpaired) electrons. The fourth-order valence-corrected chi connectivity index (χ4v) is 0.460. The Bertz CT molecular complexity index is 178. The van der Waals surface area contributed by atoms with E-state index in [-0.39, 0.29) is 13.0 Å². The molecule has 0 atom stereocenters. The Morgan fingerprint density at radius 3 is 2.42 bits per heavy atom. The van der Waals surface area contributed by atoms with Crippen molar-refractivity contribution in [3.8, 4) is 0 Å². The van der Waals surface area contributed by atoms with Crippen molar-refractivity contribution in [1.82, 2.24) is 0 Å². The molecule has 0 rings (SSSR count). The molecule has 0 spiro atoms. The Hall–Kier alpha value is -0.870. The highest BCUT2D eigenvalue weighted by Crippen LogP contribution is 2.04. The zero-order valence-electron chi connectivity index (χ0n) is 7.33. The van der Waals surface area contributed by atoms with Gasteiger partial charge in [0.05, 0.1) is 6.61 Å². The Kier molecular flexibility index (Phi) is 3.92. The van der Waals surface area contributed by atoms with E-state index >= 15 is 0 Å². The van der Waals surface area contributed by atoms with Gasteiger partial charge in [-0.1, -0.05) is 6.58 Å². The van der Waals surface area contributed by atoms with Crippen LogP contribution in [0.1, 0.15) is 20.3 Å². The highest BCUT2D eigenvalue weighted by atomic mass is 16.5. The Morgan fingerprint density at radius 1 is 1.58 bits per heavy atom. The topological polar surface area (TPSA) is 66.8 Å². The van der Waals surface area contributed by atoms with Crippen LogP contribution in [-0.2, 0) is 9.53 Å². The number of carbonyl (C=O) groups is 1. The number of hydrogen-bond acceptors (Lipinski definition) is 4. The molecule has 0 aromatic rings. The lowest BCUT2D eigenvalue weighted by molar-refractivity contribution is -0.163. The monoisotopic (exact) mass is 174 g/mol. The van der Waals surface area contributed by atoms with E-state index < -0.39 is 11.8 Å². The highest BCUT2D eigenvalue weighted by molar-refractivity contribution is 5.86. The molecule has 0 aromatic heterocycles. The van der Waals surface area contributed by atoms with Gasteiger partial charge in [-0.25, -0.2) is 4.79 Å². The molecule has 0 amide bonds. The third-order valence-corrected chi connectivity index (χ3v) is 1.16. The van der Waals surface area contributed by atoms with Crippen LogP contribution in [0, 0.1) is 0 Å². The van der Waals surface area contributed by atoms with E-state index in [0.717, 1.165) is 0 Å². The molecule has 0 aliphatic carbocycles. The van der Waals surface area contributed by atoms with Crippen molar-refractivity contribution in [2.75, 3.05) is 6.61 Å². The van der Waals surface area contributed by atoms with Crippen molar-refractivity contribution in [3.05, 3.63) is 12.2 Å². The maximum atomic E-state index is 10.7. The third-order valence-electron chi connectivity index (χ3n) is 1.16. The van der Waals surface area contributed by atoms with E-state index in [4.69, 9.17) is 10.2 Å². The number of ether oxygens (including phenoxy) is 1. The summed E-state index contributed by atoms with van der Waals surface area (Å²) < 4.78 is 4.62. The molecule has 0 aliphatic heterocycles. The van der Waals surface area contributed by atoms with Crippen LogP contribution in [0.3, 0.4) is 0 Å². The minimum Gasteiger partial charge on any atom is -0.462 e. The standard InChI is InChI=1S/C8H14O4/c1-6(2)7(9)12-5-4-8(3,10)11/h10-11H,1,4-5H2,2-3H3. The third kappa shape index (κ3) is 5.88. The van der Waals surface area contributed by atoms with Gasteiger partial charge in [0.25, 0.3) is 0 Å². The van der Waals surface area contributed by atoms with Crippen LogP contribution in [0.2, 0.25) is 0 Å². The second-order valence-electron chi connectivity index (χ2n) is 2.88. The van der Waals surface area contributed by atoms with Crippen LogP contribution in [-0.4, -0.2) is 28.6 Å². The Labute approximate surface area is 71.5 Å². The van der Waals surface area contributed by atoms with Crippen molar-refractivity contribution in [1.29, 1.82) is 0 Å². The molecule has 4 nitrogen and oxygen atoms in total. The van der Waals surface area contributed by atoms with Gasteiger partial charge in [-0.3, -0.25) is 0 Å². The summed E-state index contributed by atoms with van der Waals surface area (Å²) in [6.07, 6.45) is -0.00792. The van der Waals surface area contributed by atoms with E-state index in [2.05, 4.69) is 11.3 Å². The van der Waals surface area contributed by atoms with Gasteiger partial charge >= 0.3 is 5.97 Å². The first-order chi connectivity index (χ1) is 5.33. The van der Waals surface area contributed by atoms with E-state index in [9.17, 15) is 4.79 Å². The number of esters is 1.